The molecular weight excluding hydrogens is 383 g/mol. The summed E-state index contributed by atoms with van der Waals surface area (Å²) in [5.41, 5.74) is -0.0941. The van der Waals surface area contributed by atoms with Gasteiger partial charge in [-0.25, -0.2) is 4.98 Å². The summed E-state index contributed by atoms with van der Waals surface area (Å²) < 4.78 is 38.0. The van der Waals surface area contributed by atoms with Gasteiger partial charge in [0.05, 0.1) is 23.7 Å². The highest BCUT2D eigenvalue weighted by Gasteiger charge is 2.30. The van der Waals surface area contributed by atoms with Gasteiger partial charge in [-0.15, -0.1) is 10.2 Å². The number of carbonyl (C=O) groups is 1. The minimum absolute atomic E-state index is 0.00616. The maximum atomic E-state index is 12.7. The molecule has 2 heterocycles. The number of carbonyl (C=O) groups excluding carboxylic acids is 1. The number of aromatic nitrogens is 4. The molecule has 0 saturated carbocycles. The van der Waals surface area contributed by atoms with Gasteiger partial charge < -0.3 is 0 Å². The molecule has 0 radical (unpaired) electrons. The topological polar surface area (TPSA) is 71.9 Å². The first-order chi connectivity index (χ1) is 12.8. The summed E-state index contributed by atoms with van der Waals surface area (Å²) in [5.74, 6) is -0.251. The van der Waals surface area contributed by atoms with E-state index in [-0.39, 0.29) is 22.4 Å². The van der Waals surface area contributed by atoms with Crippen LogP contribution in [0.4, 0.5) is 19.0 Å². The summed E-state index contributed by atoms with van der Waals surface area (Å²) in [6, 6.07) is 7.44. The summed E-state index contributed by atoms with van der Waals surface area (Å²) in [7, 11) is 1.48. The number of nitrogens with zero attached hydrogens (tertiary/aromatic N) is 5. The van der Waals surface area contributed by atoms with Crippen molar-refractivity contribution in [3.63, 3.8) is 0 Å². The fourth-order valence-corrected chi connectivity index (χ4v) is 2.30. The maximum Gasteiger partial charge on any atom is 0.416 e. The monoisotopic (exact) mass is 393 g/mol. The average Bonchev–Trinajstić information content (AvgIpc) is 2.67. The van der Waals surface area contributed by atoms with Crippen molar-refractivity contribution >= 4 is 23.3 Å². The molecule has 3 rings (SSSR count). The number of hydrogen-bond acceptors (Lipinski definition) is 5. The normalized spacial score (nSPS) is 11.3. The zero-order valence-corrected chi connectivity index (χ0v) is 14.5. The number of amides is 1. The summed E-state index contributed by atoms with van der Waals surface area (Å²) in [5, 5.41) is 7.65. The predicted molar refractivity (Wildman–Crippen MR) is 92.2 cm³/mol. The fraction of sp³-hybridized carbons (Fsp3) is 0.118. The number of benzene rings is 1. The van der Waals surface area contributed by atoms with Crippen LogP contribution in [0, 0.1) is 0 Å². The first kappa shape index (κ1) is 18.7. The molecule has 6 nitrogen and oxygen atoms in total. The number of alkyl halides is 3. The van der Waals surface area contributed by atoms with Crippen LogP contribution in [-0.4, -0.2) is 33.1 Å². The average molecular weight is 394 g/mol. The van der Waals surface area contributed by atoms with E-state index in [1.807, 2.05) is 0 Å². The lowest BCUT2D eigenvalue weighted by molar-refractivity contribution is -0.137. The Bertz CT molecular complexity index is 962. The maximum absolute atomic E-state index is 12.7. The summed E-state index contributed by atoms with van der Waals surface area (Å²) >= 11 is 5.67. The lowest BCUT2D eigenvalue weighted by atomic mass is 10.1. The lowest BCUT2D eigenvalue weighted by Gasteiger charge is -2.15. The van der Waals surface area contributed by atoms with Gasteiger partial charge in [-0.2, -0.15) is 13.2 Å². The van der Waals surface area contributed by atoms with Crippen LogP contribution in [0.25, 0.3) is 11.3 Å². The number of anilines is 1. The van der Waals surface area contributed by atoms with E-state index in [9.17, 15) is 18.0 Å². The number of rotatable bonds is 3. The second kappa shape index (κ2) is 7.28. The standard InChI is InChI=1S/C17H11ClF3N5O/c1-26(15-7-6-14(18)24-25-15)16(27)13-9-22-8-12(23-13)10-2-4-11(5-3-10)17(19,20)21/h2-9H,1H3. The van der Waals surface area contributed by atoms with Crippen molar-refractivity contribution in [1.82, 2.24) is 20.2 Å². The Morgan fingerprint density at radius 3 is 2.33 bits per heavy atom. The van der Waals surface area contributed by atoms with Crippen LogP contribution in [0.15, 0.2) is 48.8 Å². The molecule has 27 heavy (non-hydrogen) atoms. The van der Waals surface area contributed by atoms with Gasteiger partial charge in [0.2, 0.25) is 0 Å². The highest BCUT2D eigenvalue weighted by Crippen LogP contribution is 2.30. The van der Waals surface area contributed by atoms with Crippen LogP contribution >= 0.6 is 11.6 Å². The third-order valence-electron chi connectivity index (χ3n) is 3.63. The molecule has 1 amide bonds. The SMILES string of the molecule is CN(C(=O)c1cncc(-c2ccc(C(F)(F)F)cc2)n1)c1ccc(Cl)nn1. The molecule has 2 aromatic heterocycles. The zero-order chi connectivity index (χ0) is 19.6. The van der Waals surface area contributed by atoms with E-state index in [1.165, 1.54) is 48.6 Å². The van der Waals surface area contributed by atoms with Gasteiger partial charge in [-0.05, 0) is 24.3 Å². The fourth-order valence-electron chi connectivity index (χ4n) is 2.20. The van der Waals surface area contributed by atoms with Crippen molar-refractivity contribution in [2.75, 3.05) is 11.9 Å². The Kier molecular flexibility index (Phi) is 5.04. The molecule has 0 saturated heterocycles. The third-order valence-corrected chi connectivity index (χ3v) is 3.83. The van der Waals surface area contributed by atoms with E-state index in [4.69, 9.17) is 11.6 Å². The van der Waals surface area contributed by atoms with Crippen molar-refractivity contribution < 1.29 is 18.0 Å². The molecule has 0 aliphatic carbocycles. The van der Waals surface area contributed by atoms with Gasteiger partial charge in [-0.1, -0.05) is 23.7 Å². The molecule has 0 fully saturated rings. The van der Waals surface area contributed by atoms with Gasteiger partial charge in [0, 0.05) is 12.6 Å². The molecule has 1 aromatic carbocycles. The van der Waals surface area contributed by atoms with E-state index >= 15 is 0 Å². The van der Waals surface area contributed by atoms with Crippen LogP contribution in [-0.2, 0) is 6.18 Å². The number of hydrogen-bond donors (Lipinski definition) is 0. The van der Waals surface area contributed by atoms with E-state index in [2.05, 4.69) is 20.2 Å². The van der Waals surface area contributed by atoms with Crippen LogP contribution in [0.5, 0.6) is 0 Å². The first-order valence-corrected chi connectivity index (χ1v) is 7.90. The molecule has 0 aliphatic rings. The Balaban J connectivity index is 1.86. The molecule has 3 aromatic rings. The predicted octanol–water partition coefficient (Wildman–Crippen LogP) is 3.88. The summed E-state index contributed by atoms with van der Waals surface area (Å²) in [6.45, 7) is 0. The molecular formula is C17H11ClF3N5O. The Labute approximate surface area is 156 Å². The van der Waals surface area contributed by atoms with Crippen molar-refractivity contribution in [3.05, 3.63) is 65.2 Å². The quantitative estimate of drug-likeness (QED) is 0.675. The van der Waals surface area contributed by atoms with E-state index in [0.717, 1.165) is 12.1 Å². The highest BCUT2D eigenvalue weighted by atomic mass is 35.5. The van der Waals surface area contributed by atoms with Gasteiger partial charge in [-0.3, -0.25) is 14.7 Å². The lowest BCUT2D eigenvalue weighted by Crippen LogP contribution is -2.28. The summed E-state index contributed by atoms with van der Waals surface area (Å²) in [6.07, 6.45) is -1.80. The minimum atomic E-state index is -4.43. The van der Waals surface area contributed by atoms with Crippen LogP contribution in [0.1, 0.15) is 16.1 Å². The van der Waals surface area contributed by atoms with Crippen LogP contribution in [0.3, 0.4) is 0 Å². The van der Waals surface area contributed by atoms with Crippen molar-refractivity contribution in [1.29, 1.82) is 0 Å². The Morgan fingerprint density at radius 1 is 1.04 bits per heavy atom. The van der Waals surface area contributed by atoms with Crippen molar-refractivity contribution in [2.45, 2.75) is 6.18 Å². The molecule has 10 heteroatoms. The van der Waals surface area contributed by atoms with E-state index in [0.29, 0.717) is 5.56 Å². The third kappa shape index (κ3) is 4.20. The van der Waals surface area contributed by atoms with Crippen LogP contribution in [0.2, 0.25) is 5.15 Å². The molecule has 0 bridgehead atoms. The first-order valence-electron chi connectivity index (χ1n) is 7.52. The zero-order valence-electron chi connectivity index (χ0n) is 13.8. The Hall–Kier alpha value is -3.07. The van der Waals surface area contributed by atoms with Gasteiger partial charge >= 0.3 is 6.18 Å². The van der Waals surface area contributed by atoms with Gasteiger partial charge in [0.1, 0.15) is 5.69 Å². The molecule has 0 unspecified atom stereocenters. The second-order valence-corrected chi connectivity index (χ2v) is 5.83. The molecule has 0 atom stereocenters. The van der Waals surface area contributed by atoms with Crippen molar-refractivity contribution in [2.24, 2.45) is 0 Å². The van der Waals surface area contributed by atoms with Gasteiger partial charge in [0.25, 0.3) is 5.91 Å². The summed E-state index contributed by atoms with van der Waals surface area (Å²) in [4.78, 5) is 21.9. The second-order valence-electron chi connectivity index (χ2n) is 5.44. The number of halogens is 4. The van der Waals surface area contributed by atoms with E-state index < -0.39 is 17.6 Å². The Morgan fingerprint density at radius 2 is 1.74 bits per heavy atom. The molecule has 0 N–H and O–H groups in total. The van der Waals surface area contributed by atoms with Crippen molar-refractivity contribution in [3.8, 4) is 11.3 Å². The molecule has 138 valence electrons. The van der Waals surface area contributed by atoms with Crippen LogP contribution < -0.4 is 4.90 Å². The smallest absolute Gasteiger partial charge is 0.293 e. The van der Waals surface area contributed by atoms with Gasteiger partial charge in [0.15, 0.2) is 11.0 Å². The van der Waals surface area contributed by atoms with E-state index in [1.54, 1.807) is 0 Å². The molecule has 0 spiro atoms. The molecule has 0 aliphatic heterocycles. The largest absolute Gasteiger partial charge is 0.416 e. The minimum Gasteiger partial charge on any atom is -0.293 e. The highest BCUT2D eigenvalue weighted by molar-refractivity contribution is 6.29.